The lowest BCUT2D eigenvalue weighted by molar-refractivity contribution is -0.175. The molecule has 1 aromatic rings. The lowest BCUT2D eigenvalue weighted by atomic mass is 10.0. The summed E-state index contributed by atoms with van der Waals surface area (Å²) in [6.07, 6.45) is -6.74. The quantitative estimate of drug-likeness (QED) is 0.737. The molecule has 0 unspecified atom stereocenters. The lowest BCUT2D eigenvalue weighted by Crippen LogP contribution is -2.55. The number of hydrogen-bond donors (Lipinski definition) is 0. The Bertz CT molecular complexity index is 614. The van der Waals surface area contributed by atoms with Gasteiger partial charge in [-0.2, -0.15) is 13.2 Å². The number of rotatable bonds is 3. The zero-order chi connectivity index (χ0) is 19.5. The van der Waals surface area contributed by atoms with Gasteiger partial charge in [0.05, 0.1) is 31.7 Å². The fourth-order valence-corrected chi connectivity index (χ4v) is 2.87. The lowest BCUT2D eigenvalue weighted by Gasteiger charge is -2.40. The van der Waals surface area contributed by atoms with Gasteiger partial charge in [-0.25, -0.2) is 4.79 Å². The van der Waals surface area contributed by atoms with E-state index in [9.17, 15) is 18.0 Å². The van der Waals surface area contributed by atoms with Gasteiger partial charge in [-0.3, -0.25) is 4.90 Å². The zero-order valence-electron chi connectivity index (χ0n) is 15.0. The van der Waals surface area contributed by atoms with Gasteiger partial charge in [0.25, 0.3) is 0 Å². The second-order valence-corrected chi connectivity index (χ2v) is 7.83. The molecule has 2 rings (SSSR count). The number of benzene rings is 1. The molecule has 0 N–H and O–H groups in total. The first kappa shape index (κ1) is 20.8. The third-order valence-corrected chi connectivity index (χ3v) is 4.09. The van der Waals surface area contributed by atoms with E-state index in [0.29, 0.717) is 11.4 Å². The second kappa shape index (κ2) is 8.05. The van der Waals surface area contributed by atoms with Crippen molar-refractivity contribution in [2.75, 3.05) is 13.2 Å². The van der Waals surface area contributed by atoms with Crippen LogP contribution in [0, 0.1) is 0 Å². The van der Waals surface area contributed by atoms with Crippen molar-refractivity contribution in [3.05, 3.63) is 34.9 Å². The van der Waals surface area contributed by atoms with E-state index in [2.05, 4.69) is 0 Å². The SMILES string of the molecule is CC(C)(C)OC(=O)N1C[C@H](CC(F)(F)F)OC[C@@H]1Cc1ccc(Cl)cc1. The van der Waals surface area contributed by atoms with Gasteiger partial charge in [0.1, 0.15) is 5.60 Å². The van der Waals surface area contributed by atoms with Crippen LogP contribution in [0.2, 0.25) is 5.02 Å². The third-order valence-electron chi connectivity index (χ3n) is 3.84. The molecule has 1 fully saturated rings. The molecule has 146 valence electrons. The maximum absolute atomic E-state index is 12.7. The smallest absolute Gasteiger partial charge is 0.410 e. The van der Waals surface area contributed by atoms with E-state index < -0.39 is 36.4 Å². The van der Waals surface area contributed by atoms with Crippen molar-refractivity contribution in [3.63, 3.8) is 0 Å². The predicted octanol–water partition coefficient (Wildman–Crippen LogP) is 4.84. The highest BCUT2D eigenvalue weighted by Crippen LogP contribution is 2.28. The van der Waals surface area contributed by atoms with E-state index >= 15 is 0 Å². The van der Waals surface area contributed by atoms with Crippen LogP contribution < -0.4 is 0 Å². The molecule has 2 atom stereocenters. The van der Waals surface area contributed by atoms with Crippen molar-refractivity contribution in [3.8, 4) is 0 Å². The summed E-state index contributed by atoms with van der Waals surface area (Å²) in [7, 11) is 0. The van der Waals surface area contributed by atoms with Crippen molar-refractivity contribution < 1.29 is 27.4 Å². The summed E-state index contributed by atoms with van der Waals surface area (Å²) >= 11 is 5.87. The third kappa shape index (κ3) is 6.68. The Labute approximate surface area is 156 Å². The van der Waals surface area contributed by atoms with Crippen molar-refractivity contribution in [2.24, 2.45) is 0 Å². The summed E-state index contributed by atoms with van der Waals surface area (Å²) in [5.74, 6) is 0. The highest BCUT2D eigenvalue weighted by Gasteiger charge is 2.40. The average molecular weight is 394 g/mol. The number of hydrogen-bond acceptors (Lipinski definition) is 3. The van der Waals surface area contributed by atoms with Gasteiger partial charge in [-0.15, -0.1) is 0 Å². The number of alkyl halides is 3. The van der Waals surface area contributed by atoms with Crippen LogP contribution in [0.25, 0.3) is 0 Å². The van der Waals surface area contributed by atoms with E-state index in [4.69, 9.17) is 21.1 Å². The van der Waals surface area contributed by atoms with Gasteiger partial charge in [-0.1, -0.05) is 23.7 Å². The van der Waals surface area contributed by atoms with Gasteiger partial charge in [-0.05, 0) is 44.9 Å². The summed E-state index contributed by atoms with van der Waals surface area (Å²) in [5.41, 5.74) is 0.172. The number of amides is 1. The van der Waals surface area contributed by atoms with Crippen LogP contribution in [0.1, 0.15) is 32.8 Å². The van der Waals surface area contributed by atoms with Crippen LogP contribution in [0.3, 0.4) is 0 Å². The highest BCUT2D eigenvalue weighted by atomic mass is 35.5. The van der Waals surface area contributed by atoms with Crippen LogP contribution in [-0.2, 0) is 15.9 Å². The fraction of sp³-hybridized carbons (Fsp3) is 0.611. The van der Waals surface area contributed by atoms with E-state index in [1.165, 1.54) is 4.90 Å². The molecule has 1 aromatic carbocycles. The van der Waals surface area contributed by atoms with Crippen molar-refractivity contribution in [1.82, 2.24) is 4.90 Å². The molecule has 0 bridgehead atoms. The molecule has 1 amide bonds. The Morgan fingerprint density at radius 2 is 1.88 bits per heavy atom. The molecule has 8 heteroatoms. The first-order chi connectivity index (χ1) is 11.9. The van der Waals surface area contributed by atoms with Gasteiger partial charge in [0.15, 0.2) is 0 Å². The Balaban J connectivity index is 2.13. The average Bonchev–Trinajstić information content (AvgIpc) is 2.47. The Hall–Kier alpha value is -1.47. The van der Waals surface area contributed by atoms with Crippen molar-refractivity contribution >= 4 is 17.7 Å². The topological polar surface area (TPSA) is 38.8 Å². The number of morpholine rings is 1. The summed E-state index contributed by atoms with van der Waals surface area (Å²) in [4.78, 5) is 13.9. The van der Waals surface area contributed by atoms with Gasteiger partial charge >= 0.3 is 12.3 Å². The van der Waals surface area contributed by atoms with E-state index in [0.717, 1.165) is 5.56 Å². The Morgan fingerprint density at radius 1 is 1.27 bits per heavy atom. The molecule has 4 nitrogen and oxygen atoms in total. The van der Waals surface area contributed by atoms with Crippen LogP contribution >= 0.6 is 11.6 Å². The number of halogens is 4. The molecule has 1 aliphatic heterocycles. The van der Waals surface area contributed by atoms with Gasteiger partial charge < -0.3 is 9.47 Å². The zero-order valence-corrected chi connectivity index (χ0v) is 15.7. The summed E-state index contributed by atoms with van der Waals surface area (Å²) < 4.78 is 48.8. The first-order valence-electron chi connectivity index (χ1n) is 8.35. The summed E-state index contributed by atoms with van der Waals surface area (Å²) in [5, 5.41) is 0.586. The maximum atomic E-state index is 12.7. The molecular formula is C18H23ClF3NO3. The Kier molecular flexibility index (Phi) is 6.45. The van der Waals surface area contributed by atoms with Crippen molar-refractivity contribution in [2.45, 2.75) is 57.5 Å². The number of carbonyl (C=O) groups excluding carboxylic acids is 1. The van der Waals surface area contributed by atoms with Gasteiger partial charge in [0.2, 0.25) is 0 Å². The van der Waals surface area contributed by atoms with Crippen molar-refractivity contribution in [1.29, 1.82) is 0 Å². The molecule has 1 heterocycles. The normalized spacial score (nSPS) is 21.6. The molecule has 0 aliphatic carbocycles. The fourth-order valence-electron chi connectivity index (χ4n) is 2.75. The monoisotopic (exact) mass is 393 g/mol. The molecule has 0 aromatic heterocycles. The van der Waals surface area contributed by atoms with Crippen LogP contribution in [-0.4, -0.2) is 48.1 Å². The molecular weight excluding hydrogens is 371 g/mol. The van der Waals surface area contributed by atoms with E-state index in [-0.39, 0.29) is 13.2 Å². The number of carbonyl (C=O) groups is 1. The molecule has 1 saturated heterocycles. The molecule has 0 radical (unpaired) electrons. The predicted molar refractivity (Wildman–Crippen MR) is 92.3 cm³/mol. The Morgan fingerprint density at radius 3 is 2.42 bits per heavy atom. The minimum Gasteiger partial charge on any atom is -0.444 e. The minimum absolute atomic E-state index is 0.0165. The number of nitrogens with zero attached hydrogens (tertiary/aromatic N) is 1. The van der Waals surface area contributed by atoms with E-state index in [1.54, 1.807) is 32.9 Å². The highest BCUT2D eigenvalue weighted by molar-refractivity contribution is 6.30. The molecule has 0 saturated carbocycles. The first-order valence-corrected chi connectivity index (χ1v) is 8.73. The van der Waals surface area contributed by atoms with Crippen LogP contribution in [0.4, 0.5) is 18.0 Å². The molecule has 0 spiro atoms. The van der Waals surface area contributed by atoms with E-state index in [1.807, 2.05) is 12.1 Å². The van der Waals surface area contributed by atoms with Crippen LogP contribution in [0.5, 0.6) is 0 Å². The largest absolute Gasteiger partial charge is 0.444 e. The molecule has 26 heavy (non-hydrogen) atoms. The second-order valence-electron chi connectivity index (χ2n) is 7.39. The van der Waals surface area contributed by atoms with Crippen LogP contribution in [0.15, 0.2) is 24.3 Å². The number of ether oxygens (including phenoxy) is 2. The van der Waals surface area contributed by atoms with Gasteiger partial charge in [0, 0.05) is 5.02 Å². The minimum atomic E-state index is -4.35. The summed E-state index contributed by atoms with van der Waals surface area (Å²) in [6, 6.07) is 6.68. The standard InChI is InChI=1S/C18H23ClF3NO3/c1-17(2,3)26-16(24)23-10-15(9-18(20,21)22)25-11-14(23)8-12-4-6-13(19)7-5-12/h4-7,14-15H,8-11H2,1-3H3/t14-,15-/m0/s1. The maximum Gasteiger partial charge on any atom is 0.410 e. The summed E-state index contributed by atoms with van der Waals surface area (Å²) in [6.45, 7) is 5.00. The molecule has 1 aliphatic rings.